The number of carbonyl (C=O) groups is 2. The number of aryl methyl sites for hydroxylation is 1. The molecule has 1 atom stereocenters. The Kier molecular flexibility index (Phi) is 6.17. The number of rotatable bonds is 7. The van der Waals surface area contributed by atoms with Crippen molar-refractivity contribution >= 4 is 17.7 Å². The first kappa shape index (κ1) is 20.7. The third-order valence-corrected chi connectivity index (χ3v) is 4.28. The van der Waals surface area contributed by atoms with Crippen LogP contribution >= 0.6 is 0 Å². The van der Waals surface area contributed by atoms with Gasteiger partial charge in [0.15, 0.2) is 5.82 Å². The molecule has 4 aromatic rings. The predicted molar refractivity (Wildman–Crippen MR) is 113 cm³/mol. The number of hydrogen-bond donors (Lipinski definition) is 1. The van der Waals surface area contributed by atoms with E-state index in [4.69, 9.17) is 14.0 Å². The largest absolute Gasteiger partial charge is 0.444 e. The van der Waals surface area contributed by atoms with Crippen LogP contribution in [0.3, 0.4) is 0 Å². The molecular formula is C23H18N4O5. The molecule has 32 heavy (non-hydrogen) atoms. The number of hydrogen-bond acceptors (Lipinski definition) is 8. The van der Waals surface area contributed by atoms with Crippen LogP contribution in [-0.2, 0) is 9.53 Å². The van der Waals surface area contributed by atoms with Crippen LogP contribution in [0.25, 0.3) is 0 Å². The Morgan fingerprint density at radius 2 is 1.88 bits per heavy atom. The van der Waals surface area contributed by atoms with Crippen LogP contribution in [0, 0.1) is 6.92 Å². The Balaban J connectivity index is 1.53. The Bertz CT molecular complexity index is 1210. The van der Waals surface area contributed by atoms with Gasteiger partial charge >= 0.3 is 5.97 Å². The Labute approximate surface area is 183 Å². The van der Waals surface area contributed by atoms with Gasteiger partial charge in [0.1, 0.15) is 11.5 Å². The van der Waals surface area contributed by atoms with Crippen molar-refractivity contribution in [3.05, 3.63) is 96.1 Å². The quantitative estimate of drug-likeness (QED) is 0.436. The van der Waals surface area contributed by atoms with Gasteiger partial charge in [0.05, 0.1) is 11.8 Å². The van der Waals surface area contributed by atoms with Gasteiger partial charge in [0.2, 0.25) is 12.0 Å². The van der Waals surface area contributed by atoms with E-state index in [0.29, 0.717) is 17.1 Å². The minimum Gasteiger partial charge on any atom is -0.444 e. The summed E-state index contributed by atoms with van der Waals surface area (Å²) >= 11 is 0. The van der Waals surface area contributed by atoms with Crippen molar-refractivity contribution in [3.8, 4) is 11.6 Å². The second-order valence-corrected chi connectivity index (χ2v) is 6.68. The van der Waals surface area contributed by atoms with Crippen LogP contribution in [0.2, 0.25) is 0 Å². The average molecular weight is 430 g/mol. The molecule has 9 nitrogen and oxygen atoms in total. The maximum atomic E-state index is 12.9. The van der Waals surface area contributed by atoms with E-state index in [2.05, 4.69) is 20.4 Å². The van der Waals surface area contributed by atoms with E-state index in [-0.39, 0.29) is 17.3 Å². The summed E-state index contributed by atoms with van der Waals surface area (Å²) in [5.74, 6) is 0.151. The number of ether oxygens (including phenoxy) is 2. The lowest BCUT2D eigenvalue weighted by molar-refractivity contribution is -0.125. The van der Waals surface area contributed by atoms with Crippen molar-refractivity contribution in [1.82, 2.24) is 15.1 Å². The number of carbonyl (C=O) groups excluding carboxylic acids is 2. The van der Waals surface area contributed by atoms with Crippen LogP contribution in [-0.4, -0.2) is 27.0 Å². The van der Waals surface area contributed by atoms with Gasteiger partial charge in [-0.1, -0.05) is 41.6 Å². The van der Waals surface area contributed by atoms with Crippen LogP contribution < -0.4 is 10.1 Å². The molecule has 2 aromatic carbocycles. The van der Waals surface area contributed by atoms with Gasteiger partial charge in [-0.15, -0.1) is 0 Å². The lowest BCUT2D eigenvalue weighted by Gasteiger charge is -2.17. The highest BCUT2D eigenvalue weighted by Gasteiger charge is 2.26. The highest BCUT2D eigenvalue weighted by molar-refractivity contribution is 5.97. The van der Waals surface area contributed by atoms with Crippen molar-refractivity contribution in [2.75, 3.05) is 5.32 Å². The first-order chi connectivity index (χ1) is 15.6. The molecule has 2 aromatic heterocycles. The fourth-order valence-electron chi connectivity index (χ4n) is 2.84. The summed E-state index contributed by atoms with van der Waals surface area (Å²) in [6.07, 6.45) is 3.26. The summed E-state index contributed by atoms with van der Waals surface area (Å²) in [5.41, 5.74) is 0.711. The Morgan fingerprint density at radius 3 is 2.59 bits per heavy atom. The molecule has 4 rings (SSSR count). The summed E-state index contributed by atoms with van der Waals surface area (Å²) < 4.78 is 16.2. The molecule has 0 saturated heterocycles. The van der Waals surface area contributed by atoms with Crippen LogP contribution in [0.5, 0.6) is 11.6 Å². The number of benzene rings is 2. The number of nitrogens with one attached hydrogen (secondary N) is 1. The molecular weight excluding hydrogens is 412 g/mol. The minimum absolute atomic E-state index is 0.206. The van der Waals surface area contributed by atoms with Crippen molar-refractivity contribution in [1.29, 1.82) is 0 Å². The Morgan fingerprint density at radius 1 is 1.03 bits per heavy atom. The van der Waals surface area contributed by atoms with Gasteiger partial charge < -0.3 is 19.3 Å². The number of esters is 1. The van der Waals surface area contributed by atoms with Gasteiger partial charge in [0, 0.05) is 24.0 Å². The lowest BCUT2D eigenvalue weighted by Crippen LogP contribution is -2.26. The summed E-state index contributed by atoms with van der Waals surface area (Å²) in [6.45, 7) is 1.70. The van der Waals surface area contributed by atoms with Crippen molar-refractivity contribution in [2.24, 2.45) is 0 Å². The summed E-state index contributed by atoms with van der Waals surface area (Å²) in [4.78, 5) is 33.7. The van der Waals surface area contributed by atoms with Gasteiger partial charge in [-0.25, -0.2) is 9.78 Å². The number of amides is 1. The third-order valence-electron chi connectivity index (χ3n) is 4.28. The molecule has 0 saturated carbocycles. The van der Waals surface area contributed by atoms with E-state index in [1.807, 2.05) is 0 Å². The molecule has 1 N–H and O–H groups in total. The second-order valence-electron chi connectivity index (χ2n) is 6.68. The average Bonchev–Trinajstić information content (AvgIpc) is 3.23. The predicted octanol–water partition coefficient (Wildman–Crippen LogP) is 4.10. The minimum atomic E-state index is -1.20. The molecule has 9 heteroatoms. The molecule has 0 aliphatic rings. The molecule has 0 fully saturated rings. The van der Waals surface area contributed by atoms with Crippen molar-refractivity contribution < 1.29 is 23.6 Å². The molecule has 0 radical (unpaired) electrons. The second kappa shape index (κ2) is 9.52. The molecule has 1 amide bonds. The monoisotopic (exact) mass is 430 g/mol. The van der Waals surface area contributed by atoms with Crippen LogP contribution in [0.4, 0.5) is 5.82 Å². The van der Waals surface area contributed by atoms with E-state index in [9.17, 15) is 9.59 Å². The van der Waals surface area contributed by atoms with Crippen molar-refractivity contribution in [2.45, 2.75) is 13.0 Å². The number of anilines is 1. The van der Waals surface area contributed by atoms with E-state index >= 15 is 0 Å². The van der Waals surface area contributed by atoms with E-state index in [0.717, 1.165) is 0 Å². The standard InChI is InChI=1S/C23H18N4O5/c1-15-12-19(27-32-15)26-22(28)21(16-6-3-2-4-7-16)31-23(29)17-8-5-9-18(13-17)30-20-14-24-10-11-25-20/h2-14,21H,1H3,(H,26,27,28). The van der Waals surface area contributed by atoms with Crippen LogP contribution in [0.1, 0.15) is 27.8 Å². The highest BCUT2D eigenvalue weighted by Crippen LogP contribution is 2.24. The molecule has 2 heterocycles. The normalized spacial score (nSPS) is 11.4. The Hall–Kier alpha value is -4.53. The molecule has 160 valence electrons. The SMILES string of the molecule is Cc1cc(NC(=O)C(OC(=O)c2cccc(Oc3cnccn3)c2)c2ccccc2)no1. The van der Waals surface area contributed by atoms with Crippen molar-refractivity contribution in [3.63, 3.8) is 0 Å². The number of aromatic nitrogens is 3. The lowest BCUT2D eigenvalue weighted by atomic mass is 10.1. The van der Waals surface area contributed by atoms with Gasteiger partial charge in [0.25, 0.3) is 5.91 Å². The van der Waals surface area contributed by atoms with Gasteiger partial charge in [-0.05, 0) is 25.1 Å². The molecule has 0 spiro atoms. The summed E-state index contributed by atoms with van der Waals surface area (Å²) in [5, 5.41) is 6.35. The van der Waals surface area contributed by atoms with Gasteiger partial charge in [-0.3, -0.25) is 9.78 Å². The zero-order valence-electron chi connectivity index (χ0n) is 17.0. The smallest absolute Gasteiger partial charge is 0.339 e. The molecule has 0 aliphatic heterocycles. The maximum Gasteiger partial charge on any atom is 0.339 e. The zero-order valence-corrected chi connectivity index (χ0v) is 17.0. The number of nitrogens with zero attached hydrogens (tertiary/aromatic N) is 3. The first-order valence-electron chi connectivity index (χ1n) is 9.62. The fourth-order valence-corrected chi connectivity index (χ4v) is 2.84. The van der Waals surface area contributed by atoms with E-state index in [1.165, 1.54) is 24.7 Å². The van der Waals surface area contributed by atoms with E-state index in [1.54, 1.807) is 61.5 Å². The fraction of sp³-hybridized carbons (Fsp3) is 0.0870. The zero-order chi connectivity index (χ0) is 22.3. The first-order valence-corrected chi connectivity index (χ1v) is 9.62. The maximum absolute atomic E-state index is 12.9. The third kappa shape index (κ3) is 5.14. The van der Waals surface area contributed by atoms with Gasteiger partial charge in [-0.2, -0.15) is 0 Å². The molecule has 0 bridgehead atoms. The topological polar surface area (TPSA) is 116 Å². The van der Waals surface area contributed by atoms with Crippen LogP contribution in [0.15, 0.2) is 83.8 Å². The highest BCUT2D eigenvalue weighted by atomic mass is 16.5. The summed E-state index contributed by atoms with van der Waals surface area (Å²) in [6, 6.07) is 16.6. The molecule has 0 aliphatic carbocycles. The molecule has 1 unspecified atom stereocenters. The summed E-state index contributed by atoms with van der Waals surface area (Å²) in [7, 11) is 0. The van der Waals surface area contributed by atoms with E-state index < -0.39 is 18.0 Å².